The first-order valence-electron chi connectivity index (χ1n) is 21.7. The quantitative estimate of drug-likeness (QED) is 0.0368. The summed E-state index contributed by atoms with van der Waals surface area (Å²) in [5.41, 5.74) is 2.55. The number of anilines is 1. The molecule has 2 aliphatic heterocycles. The molecular weight excluding hydrogens is 1080 g/mol. The van der Waals surface area contributed by atoms with E-state index in [0.29, 0.717) is 41.7 Å². The van der Waals surface area contributed by atoms with Crippen LogP contribution in [0.3, 0.4) is 0 Å². The summed E-state index contributed by atoms with van der Waals surface area (Å²) in [4.78, 5) is 80.9. The molecule has 0 bridgehead atoms. The number of benzene rings is 2. The van der Waals surface area contributed by atoms with Crippen LogP contribution in [-0.4, -0.2) is 121 Å². The molecule has 19 nitrogen and oxygen atoms in total. The molecule has 2 aromatic heterocycles. The number of carbonyl (C=O) groups is 4. The zero-order valence-electron chi connectivity index (χ0n) is 39.9. The van der Waals surface area contributed by atoms with E-state index in [1.165, 1.54) is 18.1 Å². The number of hydrogen-bond donors (Lipinski definition) is 4. The monoisotopic (exact) mass is 1130 g/mol. The fourth-order valence-corrected chi connectivity index (χ4v) is 9.75. The highest BCUT2D eigenvalue weighted by molar-refractivity contribution is 8.00. The highest BCUT2D eigenvalue weighted by atomic mass is 35.5. The fraction of sp³-hybridized carbons (Fsp3) is 0.500. The Morgan fingerprint density at radius 3 is 2.35 bits per heavy atom. The van der Waals surface area contributed by atoms with Crippen LogP contribution < -0.4 is 19.9 Å². The largest absolute Gasteiger partial charge is 0.480 e. The van der Waals surface area contributed by atoms with Crippen molar-refractivity contribution in [3.8, 4) is 0 Å². The second-order valence-electron chi connectivity index (χ2n) is 15.9. The smallest absolute Gasteiger partial charge is 0.339 e. The SMILES string of the molecule is CC1(C)OC(c2ccco2)CN1C(=O)C(Cl)Cl.CCc1cccc(C)c1N(C(=O)CCl)C(C)COC.COC(=O)CSc1cc(/N=c2\sc(=O)n3n2CCCC3)c(F)cc1Cl.O=C(O)CNCP(=O)(O)O. The van der Waals surface area contributed by atoms with Gasteiger partial charge in [-0.05, 0) is 93.7 Å². The molecule has 71 heavy (non-hydrogen) atoms. The van der Waals surface area contributed by atoms with Crippen LogP contribution in [0, 0.1) is 12.7 Å². The lowest BCUT2D eigenvalue weighted by molar-refractivity contribution is -0.144. The first-order chi connectivity index (χ1) is 33.4. The Labute approximate surface area is 438 Å². The summed E-state index contributed by atoms with van der Waals surface area (Å²) in [7, 11) is -1.16. The van der Waals surface area contributed by atoms with Crippen molar-refractivity contribution in [3.63, 3.8) is 0 Å². The maximum Gasteiger partial charge on any atom is 0.339 e. The van der Waals surface area contributed by atoms with Gasteiger partial charge in [-0.3, -0.25) is 38.5 Å². The minimum Gasteiger partial charge on any atom is -0.480 e. The maximum absolute atomic E-state index is 14.3. The van der Waals surface area contributed by atoms with E-state index in [2.05, 4.69) is 28.0 Å². The predicted octanol–water partition coefficient (Wildman–Crippen LogP) is 7.47. The minimum absolute atomic E-state index is 0.0223. The van der Waals surface area contributed by atoms with Crippen molar-refractivity contribution >= 4 is 112 Å². The van der Waals surface area contributed by atoms with E-state index in [1.807, 2.05) is 32.0 Å². The van der Waals surface area contributed by atoms with Crippen molar-refractivity contribution in [2.24, 2.45) is 4.99 Å². The van der Waals surface area contributed by atoms with Crippen LogP contribution in [-0.2, 0) is 57.5 Å². The summed E-state index contributed by atoms with van der Waals surface area (Å²) in [5, 5.41) is 10.3. The number of para-hydroxylation sites is 1. The zero-order chi connectivity index (χ0) is 53.2. The molecule has 394 valence electrons. The van der Waals surface area contributed by atoms with Crippen LogP contribution in [0.1, 0.15) is 63.5 Å². The number of esters is 1. The summed E-state index contributed by atoms with van der Waals surface area (Å²) < 4.78 is 48.5. The number of hydrogen-bond acceptors (Lipinski definition) is 14. The van der Waals surface area contributed by atoms with Crippen molar-refractivity contribution in [3.05, 3.63) is 90.9 Å². The van der Waals surface area contributed by atoms with Gasteiger partial charge >= 0.3 is 24.4 Å². The maximum atomic E-state index is 14.3. The third kappa shape index (κ3) is 18.9. The number of fused-ring (bicyclic) bond motifs is 1. The molecule has 2 unspecified atom stereocenters. The molecule has 0 saturated carbocycles. The Bertz CT molecular complexity index is 2590. The molecule has 1 saturated heterocycles. The lowest BCUT2D eigenvalue weighted by atomic mass is 10.0. The first kappa shape index (κ1) is 61.5. The molecule has 1 fully saturated rings. The number of carbonyl (C=O) groups excluding carboxylic acids is 3. The van der Waals surface area contributed by atoms with Gasteiger partial charge in [-0.25, -0.2) is 14.1 Å². The van der Waals surface area contributed by atoms with Gasteiger partial charge in [0.2, 0.25) is 10.7 Å². The molecule has 0 radical (unpaired) electrons. The molecule has 2 amide bonds. The molecule has 2 atom stereocenters. The molecule has 27 heteroatoms. The Morgan fingerprint density at radius 2 is 1.79 bits per heavy atom. The molecule has 2 aliphatic rings. The van der Waals surface area contributed by atoms with E-state index in [0.717, 1.165) is 65.2 Å². The Balaban J connectivity index is 0.000000262. The highest BCUT2D eigenvalue weighted by Gasteiger charge is 2.45. The van der Waals surface area contributed by atoms with E-state index in [1.54, 1.807) is 47.6 Å². The number of furan rings is 1. The molecule has 0 aliphatic carbocycles. The number of methoxy groups -OCH3 is 2. The summed E-state index contributed by atoms with van der Waals surface area (Å²) >= 11 is 25.1. The first-order valence-corrected chi connectivity index (χ1v) is 27.0. The van der Waals surface area contributed by atoms with Crippen LogP contribution in [0.2, 0.25) is 5.02 Å². The average Bonchev–Trinajstić information content (AvgIpc) is 4.04. The van der Waals surface area contributed by atoms with Crippen LogP contribution in [0.5, 0.6) is 0 Å². The molecule has 0 spiro atoms. The van der Waals surface area contributed by atoms with Gasteiger partial charge in [0.25, 0.3) is 5.91 Å². The van der Waals surface area contributed by atoms with Crippen LogP contribution >= 0.6 is 77.1 Å². The van der Waals surface area contributed by atoms with Gasteiger partial charge in [0.1, 0.15) is 35.0 Å². The number of ether oxygens (including phenoxy) is 3. The van der Waals surface area contributed by atoms with Crippen molar-refractivity contribution in [1.82, 2.24) is 19.6 Å². The number of carboxylic acids is 1. The number of rotatable bonds is 16. The minimum atomic E-state index is -4.10. The molecular formula is C44H58Cl4FN6O13PS2. The number of carboxylic acid groups (broad SMARTS) is 1. The van der Waals surface area contributed by atoms with Crippen LogP contribution in [0.4, 0.5) is 15.8 Å². The average molecular weight is 1130 g/mol. The summed E-state index contributed by atoms with van der Waals surface area (Å²) in [6, 6.07) is 12.3. The fourth-order valence-electron chi connectivity index (χ4n) is 6.99. The number of aromatic nitrogens is 2. The van der Waals surface area contributed by atoms with Crippen molar-refractivity contribution < 1.29 is 61.7 Å². The standard InChI is InChI=1S/C15H15ClFN3O3S2.C15H22ClNO2.C11H13Cl2NO3.C3H8NO5P/c1-23-13(21)8-24-12-7-11(10(17)6-9(12)16)18-14-19-4-2-3-5-20(19)15(22)25-14;1-5-13-8-6-7-11(2)15(13)17(14(18)9-16)12(3)10-19-4;1-11(2)14(10(15)9(12)13)6-8(17-11)7-4-3-5-16-7;5-3(6)1-4-2-10(7,8)9/h6-7H,2-5,8H2,1H3;6-8,12H,5,9-10H2,1-4H3;3-5,8-9H,6H2,1-2H3;4H,1-2H2,(H,5,6)(H2,7,8,9)/b18-14-;;;. The lowest BCUT2D eigenvalue weighted by Crippen LogP contribution is -2.45. The van der Waals surface area contributed by atoms with Crippen LogP contribution in [0.15, 0.2) is 67.8 Å². The van der Waals surface area contributed by atoms with Crippen molar-refractivity contribution in [2.45, 2.75) is 94.6 Å². The normalized spacial score (nSPS) is 15.6. The number of thioether (sulfide) groups is 1. The van der Waals surface area contributed by atoms with E-state index >= 15 is 0 Å². The topological polar surface area (TPSA) is 245 Å². The third-order valence-electron chi connectivity index (χ3n) is 10.2. The van der Waals surface area contributed by atoms with Gasteiger partial charge in [-0.1, -0.05) is 59.9 Å². The number of nitrogens with one attached hydrogen (secondary N) is 1. The summed E-state index contributed by atoms with van der Waals surface area (Å²) in [6.07, 6.45) is 3.47. The molecule has 4 heterocycles. The number of nitrogens with zero attached hydrogens (tertiary/aromatic N) is 5. The molecule has 6 rings (SSSR count). The van der Waals surface area contributed by atoms with Crippen LogP contribution in [0.25, 0.3) is 0 Å². The molecule has 2 aromatic carbocycles. The highest BCUT2D eigenvalue weighted by Crippen LogP contribution is 2.37. The number of aliphatic carboxylic acids is 1. The molecule has 4 N–H and O–H groups in total. The number of alkyl halides is 3. The van der Waals surface area contributed by atoms with E-state index in [-0.39, 0.29) is 51.2 Å². The van der Waals surface area contributed by atoms with E-state index in [9.17, 15) is 32.9 Å². The summed E-state index contributed by atoms with van der Waals surface area (Å²) in [6.45, 7) is 11.4. The number of halogens is 5. The lowest BCUT2D eigenvalue weighted by Gasteiger charge is -2.31. The second kappa shape index (κ2) is 29.2. The van der Waals surface area contributed by atoms with E-state index in [4.69, 9.17) is 75.2 Å². The Hall–Kier alpha value is -3.77. The van der Waals surface area contributed by atoms with E-state index < -0.39 is 48.7 Å². The Morgan fingerprint density at radius 1 is 1.11 bits per heavy atom. The van der Waals surface area contributed by atoms with Gasteiger partial charge in [0.15, 0.2) is 4.84 Å². The predicted molar refractivity (Wildman–Crippen MR) is 272 cm³/mol. The van der Waals surface area contributed by atoms with Crippen molar-refractivity contribution in [2.75, 3.05) is 56.7 Å². The number of aryl methyl sites for hydroxylation is 2. The van der Waals surface area contributed by atoms with Gasteiger partial charge in [0.05, 0.1) is 61.9 Å². The Kier molecular flexibility index (Phi) is 25.3. The number of amides is 2. The zero-order valence-corrected chi connectivity index (χ0v) is 45.5. The second-order valence-corrected chi connectivity index (χ2v) is 21.3. The van der Waals surface area contributed by atoms with Gasteiger partial charge in [0, 0.05) is 25.1 Å². The van der Waals surface area contributed by atoms with Gasteiger partial charge in [-0.15, -0.1) is 23.4 Å². The third-order valence-corrected chi connectivity index (χ3v) is 13.8. The van der Waals surface area contributed by atoms with Crippen molar-refractivity contribution in [1.29, 1.82) is 0 Å². The van der Waals surface area contributed by atoms with Gasteiger partial charge in [-0.2, -0.15) is 0 Å². The van der Waals surface area contributed by atoms with Gasteiger partial charge < -0.3 is 43.3 Å². The molecule has 4 aromatic rings. The summed E-state index contributed by atoms with van der Waals surface area (Å²) in [5.74, 6) is -1.84.